The predicted molar refractivity (Wildman–Crippen MR) is 71.8 cm³/mol. The average molecular weight is 266 g/mol. The van der Waals surface area contributed by atoms with Crippen molar-refractivity contribution >= 4 is 28.8 Å². The van der Waals surface area contributed by atoms with Gasteiger partial charge in [0.2, 0.25) is 12.7 Å². The van der Waals surface area contributed by atoms with E-state index in [-0.39, 0.29) is 17.7 Å². The van der Waals surface area contributed by atoms with Crippen LogP contribution in [-0.2, 0) is 4.79 Å². The van der Waals surface area contributed by atoms with Crippen LogP contribution in [-0.4, -0.2) is 17.7 Å². The molecule has 0 saturated carbocycles. The quantitative estimate of drug-likeness (QED) is 0.814. The summed E-state index contributed by atoms with van der Waals surface area (Å²) in [5.41, 5.74) is 5.26. The highest BCUT2D eigenvalue weighted by Crippen LogP contribution is 2.34. The van der Waals surface area contributed by atoms with Gasteiger partial charge in [0, 0.05) is 11.8 Å². The minimum atomic E-state index is -0.897. The lowest BCUT2D eigenvalue weighted by Crippen LogP contribution is -2.41. The minimum Gasteiger partial charge on any atom is -0.454 e. The van der Waals surface area contributed by atoms with E-state index in [0.717, 1.165) is 0 Å². The van der Waals surface area contributed by atoms with Gasteiger partial charge in [-0.05, 0) is 26.0 Å². The predicted octanol–water partition coefficient (Wildman–Crippen LogP) is 1.67. The second-order valence-electron chi connectivity index (χ2n) is 4.51. The molecule has 0 radical (unpaired) electrons. The van der Waals surface area contributed by atoms with Crippen LogP contribution in [0.25, 0.3) is 0 Å². The molecule has 5 nitrogen and oxygen atoms in total. The lowest BCUT2D eigenvalue weighted by atomic mass is 9.92. The fraction of sp³-hybridized carbons (Fsp3) is 0.333. The number of carbonyl (C=O) groups excluding carboxylic acids is 1. The molecule has 1 amide bonds. The van der Waals surface area contributed by atoms with E-state index in [1.165, 1.54) is 0 Å². The Morgan fingerprint density at radius 1 is 1.39 bits per heavy atom. The monoisotopic (exact) mass is 266 g/mol. The zero-order valence-corrected chi connectivity index (χ0v) is 11.0. The van der Waals surface area contributed by atoms with E-state index in [0.29, 0.717) is 17.2 Å². The Labute approximate surface area is 110 Å². The van der Waals surface area contributed by atoms with Crippen molar-refractivity contribution in [2.24, 2.45) is 11.1 Å². The first kappa shape index (κ1) is 12.6. The van der Waals surface area contributed by atoms with Crippen LogP contribution in [0.2, 0.25) is 0 Å². The zero-order valence-electron chi connectivity index (χ0n) is 10.1. The first-order valence-electron chi connectivity index (χ1n) is 5.42. The number of thiocarbonyl (C=S) groups is 1. The minimum absolute atomic E-state index is 0.153. The highest BCUT2D eigenvalue weighted by Gasteiger charge is 2.31. The molecule has 1 aromatic rings. The van der Waals surface area contributed by atoms with Gasteiger partial charge in [-0.2, -0.15) is 0 Å². The molecule has 2 rings (SSSR count). The van der Waals surface area contributed by atoms with Crippen molar-refractivity contribution in [1.82, 2.24) is 0 Å². The standard InChI is InChI=1S/C12H14N2O3S/c1-12(2,10(13)18)11(15)14-7-3-4-8-9(5-7)17-6-16-8/h3-5H,6H2,1-2H3,(H2,13,18)(H,14,15). The third kappa shape index (κ3) is 2.24. The summed E-state index contributed by atoms with van der Waals surface area (Å²) in [5, 5.41) is 2.75. The summed E-state index contributed by atoms with van der Waals surface area (Å²) >= 11 is 4.88. The maximum absolute atomic E-state index is 12.0. The van der Waals surface area contributed by atoms with Crippen molar-refractivity contribution in [3.05, 3.63) is 18.2 Å². The van der Waals surface area contributed by atoms with Crippen LogP contribution in [0.1, 0.15) is 13.8 Å². The van der Waals surface area contributed by atoms with E-state index in [4.69, 9.17) is 27.4 Å². The molecule has 3 N–H and O–H groups in total. The molecule has 1 heterocycles. The Bertz CT molecular complexity index is 514. The molecule has 0 fully saturated rings. The molecule has 1 aliphatic heterocycles. The molecule has 0 spiro atoms. The number of nitrogens with two attached hydrogens (primary N) is 1. The lowest BCUT2D eigenvalue weighted by molar-refractivity contribution is -0.121. The third-order valence-electron chi connectivity index (χ3n) is 2.81. The van der Waals surface area contributed by atoms with Gasteiger partial charge in [-0.1, -0.05) is 12.2 Å². The van der Waals surface area contributed by atoms with Crippen LogP contribution >= 0.6 is 12.2 Å². The molecule has 0 aliphatic carbocycles. The van der Waals surface area contributed by atoms with Gasteiger partial charge in [0.15, 0.2) is 11.5 Å². The fourth-order valence-corrected chi connectivity index (χ4v) is 1.47. The molecule has 96 valence electrons. The molecule has 1 aromatic carbocycles. The van der Waals surface area contributed by atoms with Crippen LogP contribution in [0.15, 0.2) is 18.2 Å². The lowest BCUT2D eigenvalue weighted by Gasteiger charge is -2.21. The van der Waals surface area contributed by atoms with E-state index in [2.05, 4.69) is 5.32 Å². The van der Waals surface area contributed by atoms with Gasteiger partial charge in [-0.3, -0.25) is 4.79 Å². The van der Waals surface area contributed by atoms with Crippen LogP contribution in [0.3, 0.4) is 0 Å². The van der Waals surface area contributed by atoms with Crippen molar-refractivity contribution in [2.75, 3.05) is 12.1 Å². The fourth-order valence-electron chi connectivity index (χ4n) is 1.37. The second kappa shape index (κ2) is 4.45. The summed E-state index contributed by atoms with van der Waals surface area (Å²) in [7, 11) is 0. The highest BCUT2D eigenvalue weighted by atomic mass is 32.1. The first-order chi connectivity index (χ1) is 8.41. The number of carbonyl (C=O) groups is 1. The number of nitrogens with one attached hydrogen (secondary N) is 1. The second-order valence-corrected chi connectivity index (χ2v) is 4.95. The number of ether oxygens (including phenoxy) is 2. The molecule has 0 saturated heterocycles. The molecule has 18 heavy (non-hydrogen) atoms. The Kier molecular flexibility index (Phi) is 3.13. The van der Waals surface area contributed by atoms with Crippen LogP contribution in [0, 0.1) is 5.41 Å². The molecule has 1 aliphatic rings. The molecule has 0 bridgehead atoms. The first-order valence-corrected chi connectivity index (χ1v) is 5.83. The van der Waals surface area contributed by atoms with E-state index >= 15 is 0 Å². The van der Waals surface area contributed by atoms with E-state index in [1.807, 2.05) is 0 Å². The Hall–Kier alpha value is -1.82. The molecule has 0 unspecified atom stereocenters. The SMILES string of the molecule is CC(C)(C(=O)Nc1ccc2c(c1)OCO2)C(N)=S. The van der Waals surface area contributed by atoms with Crippen LogP contribution in [0.4, 0.5) is 5.69 Å². The smallest absolute Gasteiger partial charge is 0.236 e. The number of hydrogen-bond donors (Lipinski definition) is 2. The summed E-state index contributed by atoms with van der Waals surface area (Å²) in [6.45, 7) is 3.56. The summed E-state index contributed by atoms with van der Waals surface area (Å²) in [4.78, 5) is 12.2. The van der Waals surface area contributed by atoms with Crippen molar-refractivity contribution in [3.63, 3.8) is 0 Å². The van der Waals surface area contributed by atoms with Gasteiger partial charge in [0.05, 0.1) is 10.4 Å². The third-order valence-corrected chi connectivity index (χ3v) is 3.32. The number of amides is 1. The van der Waals surface area contributed by atoms with Crippen molar-refractivity contribution in [1.29, 1.82) is 0 Å². The van der Waals surface area contributed by atoms with Gasteiger partial charge < -0.3 is 20.5 Å². The van der Waals surface area contributed by atoms with Crippen LogP contribution in [0.5, 0.6) is 11.5 Å². The van der Waals surface area contributed by atoms with Crippen LogP contribution < -0.4 is 20.5 Å². The summed E-state index contributed by atoms with van der Waals surface area (Å²) in [6.07, 6.45) is 0. The van der Waals surface area contributed by atoms with Gasteiger partial charge in [0.25, 0.3) is 0 Å². The Morgan fingerprint density at radius 2 is 2.06 bits per heavy atom. The Morgan fingerprint density at radius 3 is 2.72 bits per heavy atom. The summed E-state index contributed by atoms with van der Waals surface area (Å²) < 4.78 is 10.4. The van der Waals surface area contributed by atoms with Gasteiger partial charge in [-0.15, -0.1) is 0 Å². The summed E-state index contributed by atoms with van der Waals surface area (Å²) in [5.74, 6) is 1.02. The number of hydrogen-bond acceptors (Lipinski definition) is 4. The van der Waals surface area contributed by atoms with Gasteiger partial charge >= 0.3 is 0 Å². The van der Waals surface area contributed by atoms with Gasteiger partial charge in [-0.25, -0.2) is 0 Å². The van der Waals surface area contributed by atoms with Crippen molar-refractivity contribution in [2.45, 2.75) is 13.8 Å². The topological polar surface area (TPSA) is 73.6 Å². The van der Waals surface area contributed by atoms with E-state index in [1.54, 1.807) is 32.0 Å². The molecule has 0 aromatic heterocycles. The largest absolute Gasteiger partial charge is 0.454 e. The molecule has 0 atom stereocenters. The van der Waals surface area contributed by atoms with Crippen molar-refractivity contribution < 1.29 is 14.3 Å². The van der Waals surface area contributed by atoms with Gasteiger partial charge in [0.1, 0.15) is 0 Å². The summed E-state index contributed by atoms with van der Waals surface area (Å²) in [6, 6.07) is 5.18. The molecular weight excluding hydrogens is 252 g/mol. The zero-order chi connectivity index (χ0) is 13.3. The van der Waals surface area contributed by atoms with E-state index in [9.17, 15) is 4.79 Å². The average Bonchev–Trinajstić information content (AvgIpc) is 2.75. The number of fused-ring (bicyclic) bond motifs is 1. The Balaban J connectivity index is 2.15. The number of rotatable bonds is 3. The highest BCUT2D eigenvalue weighted by molar-refractivity contribution is 7.80. The number of benzene rings is 1. The normalized spacial score (nSPS) is 13.2. The molecular formula is C12H14N2O3S. The maximum Gasteiger partial charge on any atom is 0.236 e. The van der Waals surface area contributed by atoms with E-state index < -0.39 is 5.41 Å². The molecule has 6 heteroatoms. The number of anilines is 1. The maximum atomic E-state index is 12.0. The van der Waals surface area contributed by atoms with Crippen molar-refractivity contribution in [3.8, 4) is 11.5 Å².